The van der Waals surface area contributed by atoms with Gasteiger partial charge in [0.15, 0.2) is 5.82 Å². The second-order valence-electron chi connectivity index (χ2n) is 3.63. The summed E-state index contributed by atoms with van der Waals surface area (Å²) in [5, 5.41) is 16.8. The number of nitrogens with zero attached hydrogens (tertiary/aromatic N) is 3. The fourth-order valence-corrected chi connectivity index (χ4v) is 1.91. The number of piperidine rings is 1. The van der Waals surface area contributed by atoms with Crippen LogP contribution < -0.4 is 4.90 Å². The number of carbonyl (C=O) groups is 1. The minimum atomic E-state index is -0.777. The van der Waals surface area contributed by atoms with Crippen LogP contribution in [0.3, 0.4) is 0 Å². The maximum atomic E-state index is 11.0. The molecule has 1 saturated heterocycles. The van der Waals surface area contributed by atoms with Crippen LogP contribution in [0.5, 0.6) is 0 Å². The topological polar surface area (TPSA) is 66.3 Å². The molecule has 0 saturated carbocycles. The van der Waals surface area contributed by atoms with Gasteiger partial charge in [0.2, 0.25) is 0 Å². The Morgan fingerprint density at radius 2 is 2.40 bits per heavy atom. The molecule has 5 nitrogen and oxygen atoms in total. The highest BCUT2D eigenvalue weighted by Gasteiger charge is 2.29. The van der Waals surface area contributed by atoms with Crippen LogP contribution in [0.4, 0.5) is 5.82 Å². The molecule has 1 atom stereocenters. The zero-order chi connectivity index (χ0) is 10.7. The Morgan fingerprint density at radius 3 is 3.07 bits per heavy atom. The lowest BCUT2D eigenvalue weighted by Gasteiger charge is -2.33. The molecule has 1 unspecified atom stereocenters. The third kappa shape index (κ3) is 2.06. The molecule has 0 amide bonds. The monoisotopic (exact) mass is 207 g/mol. The predicted molar refractivity (Wildman–Crippen MR) is 54.7 cm³/mol. The first kappa shape index (κ1) is 9.89. The van der Waals surface area contributed by atoms with Crippen molar-refractivity contribution >= 4 is 11.8 Å². The average Bonchev–Trinajstić information content (AvgIpc) is 2.30. The first-order valence-electron chi connectivity index (χ1n) is 5.06. The van der Waals surface area contributed by atoms with E-state index in [9.17, 15) is 4.79 Å². The minimum Gasteiger partial charge on any atom is -0.480 e. The van der Waals surface area contributed by atoms with Gasteiger partial charge in [0.05, 0.1) is 0 Å². The molecule has 0 spiro atoms. The van der Waals surface area contributed by atoms with Crippen molar-refractivity contribution in [2.75, 3.05) is 11.4 Å². The van der Waals surface area contributed by atoms with Gasteiger partial charge in [0.25, 0.3) is 0 Å². The Balaban J connectivity index is 2.22. The lowest BCUT2D eigenvalue weighted by Crippen LogP contribution is -2.45. The molecule has 1 fully saturated rings. The van der Waals surface area contributed by atoms with Crippen molar-refractivity contribution in [2.24, 2.45) is 0 Å². The smallest absolute Gasteiger partial charge is 0.326 e. The molecule has 0 aliphatic carbocycles. The molecule has 2 heterocycles. The van der Waals surface area contributed by atoms with Gasteiger partial charge in [-0.3, -0.25) is 0 Å². The summed E-state index contributed by atoms with van der Waals surface area (Å²) in [6.45, 7) is 0.746. The van der Waals surface area contributed by atoms with Crippen molar-refractivity contribution in [1.82, 2.24) is 10.2 Å². The summed E-state index contributed by atoms with van der Waals surface area (Å²) in [4.78, 5) is 12.9. The maximum Gasteiger partial charge on any atom is 0.326 e. The quantitative estimate of drug-likeness (QED) is 0.781. The summed E-state index contributed by atoms with van der Waals surface area (Å²) in [7, 11) is 0. The Bertz CT molecular complexity index is 342. The number of rotatable bonds is 2. The number of anilines is 1. The van der Waals surface area contributed by atoms with Crippen molar-refractivity contribution in [3.63, 3.8) is 0 Å². The summed E-state index contributed by atoms with van der Waals surface area (Å²) in [5.41, 5.74) is 0. The number of hydrogen-bond donors (Lipinski definition) is 1. The standard InChI is InChI=1S/C10H13N3O2/c14-10(15)8-4-1-2-7-13(8)9-5-3-6-11-12-9/h3,5-6,8H,1-2,4,7H2,(H,14,15). The van der Waals surface area contributed by atoms with Gasteiger partial charge in [0.1, 0.15) is 6.04 Å². The minimum absolute atomic E-state index is 0.449. The molecule has 1 aromatic rings. The Morgan fingerprint density at radius 1 is 1.53 bits per heavy atom. The number of aromatic nitrogens is 2. The molecule has 1 N–H and O–H groups in total. The van der Waals surface area contributed by atoms with E-state index in [0.717, 1.165) is 19.4 Å². The van der Waals surface area contributed by atoms with Gasteiger partial charge in [-0.25, -0.2) is 4.79 Å². The first-order chi connectivity index (χ1) is 7.29. The van der Waals surface area contributed by atoms with Gasteiger partial charge < -0.3 is 10.0 Å². The Kier molecular flexibility index (Phi) is 2.80. The lowest BCUT2D eigenvalue weighted by molar-refractivity contribution is -0.139. The highest BCUT2D eigenvalue weighted by Crippen LogP contribution is 2.22. The SMILES string of the molecule is O=C(O)C1CCCCN1c1cccnn1. The maximum absolute atomic E-state index is 11.0. The van der Waals surface area contributed by atoms with Crippen molar-refractivity contribution in [2.45, 2.75) is 25.3 Å². The number of carboxylic acids is 1. The van der Waals surface area contributed by atoms with Crippen LogP contribution >= 0.6 is 0 Å². The van der Waals surface area contributed by atoms with Gasteiger partial charge >= 0.3 is 5.97 Å². The fourth-order valence-electron chi connectivity index (χ4n) is 1.91. The van der Waals surface area contributed by atoms with Crippen LogP contribution in [0.2, 0.25) is 0 Å². The lowest BCUT2D eigenvalue weighted by atomic mass is 10.0. The summed E-state index contributed by atoms with van der Waals surface area (Å²) >= 11 is 0. The fraction of sp³-hybridized carbons (Fsp3) is 0.500. The molecule has 5 heteroatoms. The van der Waals surface area contributed by atoms with Gasteiger partial charge in [-0.2, -0.15) is 5.10 Å². The van der Waals surface area contributed by atoms with Crippen LogP contribution in [0.15, 0.2) is 18.3 Å². The Hall–Kier alpha value is -1.65. The van der Waals surface area contributed by atoms with Crippen LogP contribution in [0.25, 0.3) is 0 Å². The van der Waals surface area contributed by atoms with E-state index in [1.54, 1.807) is 18.3 Å². The summed E-state index contributed by atoms with van der Waals surface area (Å²) in [6, 6.07) is 3.12. The predicted octanol–water partition coefficient (Wildman–Crippen LogP) is 0.920. The van der Waals surface area contributed by atoms with Crippen molar-refractivity contribution < 1.29 is 9.90 Å². The molecular weight excluding hydrogens is 194 g/mol. The summed E-state index contributed by atoms with van der Waals surface area (Å²) in [5.74, 6) is -0.120. The number of hydrogen-bond acceptors (Lipinski definition) is 4. The third-order valence-electron chi connectivity index (χ3n) is 2.64. The molecule has 1 aliphatic rings. The van der Waals surface area contributed by atoms with E-state index in [1.807, 2.05) is 4.90 Å². The zero-order valence-corrected chi connectivity index (χ0v) is 8.33. The highest BCUT2D eigenvalue weighted by molar-refractivity contribution is 5.77. The summed E-state index contributed by atoms with van der Waals surface area (Å²) in [6.07, 6.45) is 4.25. The third-order valence-corrected chi connectivity index (χ3v) is 2.64. The van der Waals surface area contributed by atoms with E-state index < -0.39 is 12.0 Å². The van der Waals surface area contributed by atoms with Crippen LogP contribution in [-0.4, -0.2) is 33.9 Å². The molecule has 0 bridgehead atoms. The molecule has 80 valence electrons. The van der Waals surface area contributed by atoms with Crippen LogP contribution in [-0.2, 0) is 4.79 Å². The van der Waals surface area contributed by atoms with Gasteiger partial charge in [-0.15, -0.1) is 5.10 Å². The van der Waals surface area contributed by atoms with Crippen molar-refractivity contribution in [3.05, 3.63) is 18.3 Å². The zero-order valence-electron chi connectivity index (χ0n) is 8.33. The molecule has 2 rings (SSSR count). The van der Waals surface area contributed by atoms with E-state index in [2.05, 4.69) is 10.2 Å². The molecule has 0 radical (unpaired) electrons. The van der Waals surface area contributed by atoms with Crippen LogP contribution in [0.1, 0.15) is 19.3 Å². The van der Waals surface area contributed by atoms with E-state index in [0.29, 0.717) is 12.2 Å². The average molecular weight is 207 g/mol. The van der Waals surface area contributed by atoms with Crippen molar-refractivity contribution in [1.29, 1.82) is 0 Å². The van der Waals surface area contributed by atoms with Gasteiger partial charge in [0, 0.05) is 12.7 Å². The van der Waals surface area contributed by atoms with E-state index in [1.165, 1.54) is 0 Å². The van der Waals surface area contributed by atoms with Gasteiger partial charge in [-0.1, -0.05) is 0 Å². The first-order valence-corrected chi connectivity index (χ1v) is 5.06. The number of carboxylic acid groups (broad SMARTS) is 1. The highest BCUT2D eigenvalue weighted by atomic mass is 16.4. The Labute approximate surface area is 87.7 Å². The van der Waals surface area contributed by atoms with E-state index >= 15 is 0 Å². The normalized spacial score (nSPS) is 21.3. The molecule has 0 aromatic carbocycles. The van der Waals surface area contributed by atoms with E-state index in [4.69, 9.17) is 5.11 Å². The molecule has 1 aromatic heterocycles. The van der Waals surface area contributed by atoms with E-state index in [-0.39, 0.29) is 0 Å². The van der Waals surface area contributed by atoms with Crippen molar-refractivity contribution in [3.8, 4) is 0 Å². The second-order valence-corrected chi connectivity index (χ2v) is 3.63. The molecular formula is C10H13N3O2. The molecule has 15 heavy (non-hydrogen) atoms. The summed E-state index contributed by atoms with van der Waals surface area (Å²) < 4.78 is 0. The van der Waals surface area contributed by atoms with Gasteiger partial charge in [-0.05, 0) is 31.4 Å². The van der Waals surface area contributed by atoms with Crippen LogP contribution in [0, 0.1) is 0 Å². The second kappa shape index (κ2) is 4.25. The largest absolute Gasteiger partial charge is 0.480 e. The molecule has 1 aliphatic heterocycles. The number of aliphatic carboxylic acids is 1.